The normalized spacial score (nSPS) is 11.8. The molecule has 6 nitrogen and oxygen atoms in total. The summed E-state index contributed by atoms with van der Waals surface area (Å²) in [5.41, 5.74) is 7.75. The van der Waals surface area contributed by atoms with Crippen molar-refractivity contribution in [3.8, 4) is 11.4 Å². The fourth-order valence-electron chi connectivity index (χ4n) is 1.93. The molecule has 0 aliphatic carbocycles. The Morgan fingerprint density at radius 3 is 2.71 bits per heavy atom. The molecule has 0 aliphatic rings. The molecule has 1 heterocycles. The van der Waals surface area contributed by atoms with Gasteiger partial charge < -0.3 is 10.5 Å². The minimum atomic E-state index is -1.07. The number of rotatable bonds is 7. The van der Waals surface area contributed by atoms with Gasteiger partial charge in [0.1, 0.15) is 6.73 Å². The zero-order valence-corrected chi connectivity index (χ0v) is 13.9. The highest BCUT2D eigenvalue weighted by molar-refractivity contribution is 6.76. The lowest BCUT2D eigenvalue weighted by Gasteiger charge is -2.15. The molecule has 2 aromatic rings. The molecule has 7 heteroatoms. The highest BCUT2D eigenvalue weighted by Crippen LogP contribution is 2.20. The molecule has 0 aliphatic heterocycles. The molecule has 0 amide bonds. The smallest absolute Gasteiger partial charge is 0.184 e. The van der Waals surface area contributed by atoms with Crippen LogP contribution >= 0.6 is 0 Å². The molecule has 0 radical (unpaired) electrons. The van der Waals surface area contributed by atoms with E-state index in [4.69, 9.17) is 10.5 Å². The Labute approximate surface area is 126 Å². The summed E-state index contributed by atoms with van der Waals surface area (Å²) < 4.78 is 7.39. The molecule has 0 saturated carbocycles. The minimum Gasteiger partial charge on any atom is -0.359 e. The van der Waals surface area contributed by atoms with Crippen LogP contribution in [0.25, 0.3) is 11.4 Å². The Balaban J connectivity index is 2.05. The van der Waals surface area contributed by atoms with E-state index in [0.717, 1.165) is 23.8 Å². The average molecular weight is 305 g/mol. The molecule has 0 atom stereocenters. The average Bonchev–Trinajstić information content (AvgIpc) is 2.90. The van der Waals surface area contributed by atoms with Crippen molar-refractivity contribution in [1.82, 2.24) is 20.2 Å². The van der Waals surface area contributed by atoms with Gasteiger partial charge in [-0.05, 0) is 22.0 Å². The van der Waals surface area contributed by atoms with Gasteiger partial charge in [-0.2, -0.15) is 4.68 Å². The molecule has 0 saturated heterocycles. The van der Waals surface area contributed by atoms with Crippen LogP contribution in [0.1, 0.15) is 5.56 Å². The number of ether oxygens (including phenoxy) is 1. The first-order chi connectivity index (χ1) is 10.0. The molecule has 2 N–H and O–H groups in total. The van der Waals surface area contributed by atoms with Crippen molar-refractivity contribution in [2.24, 2.45) is 5.73 Å². The fraction of sp³-hybridized carbons (Fsp3) is 0.500. The molecule has 0 bridgehead atoms. The summed E-state index contributed by atoms with van der Waals surface area (Å²) in [5.74, 6) is 0.698. The van der Waals surface area contributed by atoms with E-state index in [1.165, 1.54) is 0 Å². The number of hydrogen-bond donors (Lipinski definition) is 1. The van der Waals surface area contributed by atoms with Crippen LogP contribution in [0.3, 0.4) is 0 Å². The van der Waals surface area contributed by atoms with E-state index in [0.29, 0.717) is 19.1 Å². The van der Waals surface area contributed by atoms with Crippen molar-refractivity contribution in [2.75, 3.05) is 6.61 Å². The summed E-state index contributed by atoms with van der Waals surface area (Å²) in [6, 6.07) is 9.01. The van der Waals surface area contributed by atoms with Crippen LogP contribution in [0.15, 0.2) is 24.3 Å². The van der Waals surface area contributed by atoms with E-state index in [1.807, 2.05) is 24.3 Å². The largest absolute Gasteiger partial charge is 0.359 e. The third-order valence-corrected chi connectivity index (χ3v) is 4.92. The van der Waals surface area contributed by atoms with Gasteiger partial charge in [-0.25, -0.2) is 0 Å². The van der Waals surface area contributed by atoms with E-state index in [1.54, 1.807) is 4.68 Å². The molecule has 1 aromatic carbocycles. The first-order valence-electron chi connectivity index (χ1n) is 7.13. The van der Waals surface area contributed by atoms with Crippen LogP contribution in [-0.4, -0.2) is 34.9 Å². The third kappa shape index (κ3) is 4.45. The number of nitrogens with zero attached hydrogens (tertiary/aromatic N) is 4. The maximum atomic E-state index is 5.77. The van der Waals surface area contributed by atoms with Crippen LogP contribution in [-0.2, 0) is 18.0 Å². The molecule has 0 fully saturated rings. The van der Waals surface area contributed by atoms with Crippen molar-refractivity contribution in [3.63, 3.8) is 0 Å². The van der Waals surface area contributed by atoms with Gasteiger partial charge in [-0.15, -0.1) is 5.10 Å². The van der Waals surface area contributed by atoms with Gasteiger partial charge in [0.25, 0.3) is 0 Å². The van der Waals surface area contributed by atoms with Gasteiger partial charge in [0.2, 0.25) is 0 Å². The Morgan fingerprint density at radius 1 is 1.24 bits per heavy atom. The van der Waals surface area contributed by atoms with Crippen molar-refractivity contribution in [2.45, 2.75) is 39.0 Å². The maximum Gasteiger partial charge on any atom is 0.184 e. The van der Waals surface area contributed by atoms with Gasteiger partial charge in [0.15, 0.2) is 5.82 Å². The summed E-state index contributed by atoms with van der Waals surface area (Å²) in [7, 11) is -1.07. The minimum absolute atomic E-state index is 0.367. The van der Waals surface area contributed by atoms with E-state index in [9.17, 15) is 0 Å². The van der Waals surface area contributed by atoms with Crippen LogP contribution in [0.2, 0.25) is 25.7 Å². The topological polar surface area (TPSA) is 78.8 Å². The van der Waals surface area contributed by atoms with E-state index in [2.05, 4.69) is 35.2 Å². The van der Waals surface area contributed by atoms with Crippen molar-refractivity contribution >= 4 is 8.07 Å². The lowest BCUT2D eigenvalue weighted by Crippen LogP contribution is -2.22. The molecule has 0 spiro atoms. The van der Waals surface area contributed by atoms with Gasteiger partial charge in [0, 0.05) is 26.8 Å². The van der Waals surface area contributed by atoms with E-state index < -0.39 is 8.07 Å². The van der Waals surface area contributed by atoms with Crippen molar-refractivity contribution in [1.29, 1.82) is 0 Å². The third-order valence-electron chi connectivity index (χ3n) is 3.22. The van der Waals surface area contributed by atoms with Crippen LogP contribution in [0, 0.1) is 0 Å². The SMILES string of the molecule is C[Si](C)(C)CCOCn1nnnc1-c1ccccc1CN. The molecule has 1 aromatic heterocycles. The van der Waals surface area contributed by atoms with E-state index >= 15 is 0 Å². The van der Waals surface area contributed by atoms with Gasteiger partial charge in [-0.3, -0.25) is 0 Å². The number of hydrogen-bond acceptors (Lipinski definition) is 5. The summed E-state index contributed by atoms with van der Waals surface area (Å²) in [5, 5.41) is 11.9. The number of aromatic nitrogens is 4. The predicted octanol–water partition coefficient (Wildman–Crippen LogP) is 2.11. The summed E-state index contributed by atoms with van der Waals surface area (Å²) >= 11 is 0. The summed E-state index contributed by atoms with van der Waals surface area (Å²) in [6.07, 6.45) is 0. The monoisotopic (exact) mass is 305 g/mol. The van der Waals surface area contributed by atoms with Crippen molar-refractivity contribution < 1.29 is 4.74 Å². The fourth-order valence-corrected chi connectivity index (χ4v) is 2.69. The molecular formula is C14H23N5OSi. The highest BCUT2D eigenvalue weighted by Gasteiger charge is 2.14. The lowest BCUT2D eigenvalue weighted by atomic mass is 10.1. The summed E-state index contributed by atoms with van der Waals surface area (Å²) in [6.45, 7) is 8.56. The molecule has 2 rings (SSSR count). The molecule has 0 unspecified atom stereocenters. The van der Waals surface area contributed by atoms with Crippen molar-refractivity contribution in [3.05, 3.63) is 29.8 Å². The zero-order chi connectivity index (χ0) is 15.3. The molecule has 21 heavy (non-hydrogen) atoms. The number of benzene rings is 1. The Kier molecular flexibility index (Phi) is 5.21. The first-order valence-corrected chi connectivity index (χ1v) is 10.8. The van der Waals surface area contributed by atoms with E-state index in [-0.39, 0.29) is 0 Å². The predicted molar refractivity (Wildman–Crippen MR) is 85.2 cm³/mol. The quantitative estimate of drug-likeness (QED) is 0.626. The Morgan fingerprint density at radius 2 is 2.00 bits per heavy atom. The van der Waals surface area contributed by atoms with Crippen LogP contribution < -0.4 is 5.73 Å². The second-order valence-electron chi connectivity index (χ2n) is 6.21. The Bertz CT molecular complexity index is 579. The van der Waals surface area contributed by atoms with Crippen LogP contribution in [0.4, 0.5) is 0 Å². The van der Waals surface area contributed by atoms with Gasteiger partial charge >= 0.3 is 0 Å². The molecular weight excluding hydrogens is 282 g/mol. The first kappa shape index (κ1) is 15.8. The van der Waals surface area contributed by atoms with Gasteiger partial charge in [0.05, 0.1) is 0 Å². The van der Waals surface area contributed by atoms with Crippen LogP contribution in [0.5, 0.6) is 0 Å². The maximum absolute atomic E-state index is 5.77. The highest BCUT2D eigenvalue weighted by atomic mass is 28.3. The number of tetrazole rings is 1. The second-order valence-corrected chi connectivity index (χ2v) is 11.8. The standard InChI is InChI=1S/C14H23N5OSi/c1-21(2,3)9-8-20-11-19-14(16-17-18-19)13-7-5-4-6-12(13)10-15/h4-7H,8-11,15H2,1-3H3. The number of nitrogens with two attached hydrogens (primary N) is 1. The Hall–Kier alpha value is -1.57. The molecule has 114 valence electrons. The lowest BCUT2D eigenvalue weighted by molar-refractivity contribution is 0.0784. The summed E-state index contributed by atoms with van der Waals surface area (Å²) in [4.78, 5) is 0. The second kappa shape index (κ2) is 6.93. The van der Waals surface area contributed by atoms with Gasteiger partial charge in [-0.1, -0.05) is 43.9 Å². The zero-order valence-electron chi connectivity index (χ0n) is 12.9.